The van der Waals surface area contributed by atoms with Gasteiger partial charge in [0.2, 0.25) is 0 Å². The van der Waals surface area contributed by atoms with Crippen molar-refractivity contribution >= 4 is 11.6 Å². The highest BCUT2D eigenvalue weighted by molar-refractivity contribution is 6.18. The van der Waals surface area contributed by atoms with Crippen LogP contribution in [0.15, 0.2) is 12.2 Å². The highest BCUT2D eigenvalue weighted by atomic mass is 35.5. The summed E-state index contributed by atoms with van der Waals surface area (Å²) in [5, 5.41) is 3.51. The van der Waals surface area contributed by atoms with Gasteiger partial charge >= 0.3 is 0 Å². The minimum Gasteiger partial charge on any atom is -0.311 e. The van der Waals surface area contributed by atoms with Crippen LogP contribution in [0.3, 0.4) is 0 Å². The molecular formula is C11H20ClN. The largest absolute Gasteiger partial charge is 0.311 e. The van der Waals surface area contributed by atoms with Gasteiger partial charge in [-0.1, -0.05) is 25.0 Å². The van der Waals surface area contributed by atoms with Crippen molar-refractivity contribution in [1.82, 2.24) is 5.32 Å². The molecule has 1 saturated carbocycles. The molecule has 0 spiro atoms. The van der Waals surface area contributed by atoms with E-state index in [1.807, 2.05) is 6.08 Å². The van der Waals surface area contributed by atoms with Crippen molar-refractivity contribution < 1.29 is 0 Å². The highest BCUT2D eigenvalue weighted by Gasteiger charge is 2.20. The SMILES string of the molecule is C[C@H](NC/C=C/CCl)C1CCCC1. The average Bonchev–Trinajstić information content (AvgIpc) is 2.65. The molecular weight excluding hydrogens is 182 g/mol. The Morgan fingerprint density at radius 1 is 1.38 bits per heavy atom. The molecule has 0 unspecified atom stereocenters. The Hall–Kier alpha value is -0.0100. The van der Waals surface area contributed by atoms with E-state index >= 15 is 0 Å². The van der Waals surface area contributed by atoms with Crippen molar-refractivity contribution in [1.29, 1.82) is 0 Å². The van der Waals surface area contributed by atoms with Gasteiger partial charge in [0.25, 0.3) is 0 Å². The number of alkyl halides is 1. The first-order chi connectivity index (χ1) is 6.34. The summed E-state index contributed by atoms with van der Waals surface area (Å²) < 4.78 is 0. The second-order valence-electron chi connectivity index (χ2n) is 3.87. The molecule has 2 heteroatoms. The van der Waals surface area contributed by atoms with E-state index in [0.717, 1.165) is 12.5 Å². The molecule has 76 valence electrons. The number of nitrogens with one attached hydrogen (secondary N) is 1. The summed E-state index contributed by atoms with van der Waals surface area (Å²) >= 11 is 5.53. The van der Waals surface area contributed by atoms with Crippen LogP contribution in [0, 0.1) is 5.92 Å². The fourth-order valence-corrected chi connectivity index (χ4v) is 2.15. The Morgan fingerprint density at radius 2 is 2.08 bits per heavy atom. The number of hydrogen-bond donors (Lipinski definition) is 1. The topological polar surface area (TPSA) is 12.0 Å². The molecule has 0 bridgehead atoms. The van der Waals surface area contributed by atoms with Gasteiger partial charge in [-0.25, -0.2) is 0 Å². The summed E-state index contributed by atoms with van der Waals surface area (Å²) in [7, 11) is 0. The van der Waals surface area contributed by atoms with Crippen molar-refractivity contribution in [3.8, 4) is 0 Å². The van der Waals surface area contributed by atoms with Crippen LogP contribution in [-0.4, -0.2) is 18.5 Å². The lowest BCUT2D eigenvalue weighted by Crippen LogP contribution is -2.32. The smallest absolute Gasteiger partial charge is 0.0404 e. The van der Waals surface area contributed by atoms with Crippen LogP contribution in [0.1, 0.15) is 32.6 Å². The standard InChI is InChI=1S/C11H20ClN/c1-10(11-6-2-3-7-11)13-9-5-4-8-12/h4-5,10-11,13H,2-3,6-9H2,1H3/b5-4+/t10-/m0/s1. The maximum Gasteiger partial charge on any atom is 0.0404 e. The molecule has 1 aliphatic rings. The maximum atomic E-state index is 5.53. The molecule has 0 aromatic carbocycles. The van der Waals surface area contributed by atoms with E-state index in [9.17, 15) is 0 Å². The molecule has 0 radical (unpaired) electrons. The lowest BCUT2D eigenvalue weighted by molar-refractivity contribution is 0.394. The van der Waals surface area contributed by atoms with Gasteiger partial charge in [-0.15, -0.1) is 11.6 Å². The number of rotatable bonds is 5. The second-order valence-corrected chi connectivity index (χ2v) is 4.18. The second kappa shape index (κ2) is 6.44. The lowest BCUT2D eigenvalue weighted by Gasteiger charge is -2.19. The van der Waals surface area contributed by atoms with Crippen molar-refractivity contribution in [2.45, 2.75) is 38.6 Å². The third-order valence-electron chi connectivity index (χ3n) is 2.92. The van der Waals surface area contributed by atoms with Gasteiger partial charge in [0.15, 0.2) is 0 Å². The van der Waals surface area contributed by atoms with E-state index in [4.69, 9.17) is 11.6 Å². The molecule has 1 fully saturated rings. The van der Waals surface area contributed by atoms with Crippen LogP contribution in [0.5, 0.6) is 0 Å². The van der Waals surface area contributed by atoms with Crippen LogP contribution in [0.25, 0.3) is 0 Å². The molecule has 0 amide bonds. The van der Waals surface area contributed by atoms with Crippen LogP contribution in [0.4, 0.5) is 0 Å². The first kappa shape index (κ1) is 11.1. The molecule has 0 aromatic rings. The summed E-state index contributed by atoms with van der Waals surface area (Å²) in [4.78, 5) is 0. The molecule has 1 atom stereocenters. The Balaban J connectivity index is 2.09. The molecule has 0 aliphatic heterocycles. The fraction of sp³-hybridized carbons (Fsp3) is 0.818. The van der Waals surface area contributed by atoms with Gasteiger partial charge < -0.3 is 5.32 Å². The monoisotopic (exact) mass is 201 g/mol. The molecule has 1 aliphatic carbocycles. The molecule has 1 N–H and O–H groups in total. The molecule has 13 heavy (non-hydrogen) atoms. The maximum absolute atomic E-state index is 5.53. The Labute approximate surface area is 86.5 Å². The van der Waals surface area contributed by atoms with Crippen molar-refractivity contribution in [3.05, 3.63) is 12.2 Å². The molecule has 0 aromatic heterocycles. The number of hydrogen-bond acceptors (Lipinski definition) is 1. The zero-order valence-corrected chi connectivity index (χ0v) is 9.19. The first-order valence-corrected chi connectivity index (χ1v) is 5.82. The summed E-state index contributed by atoms with van der Waals surface area (Å²) in [6.07, 6.45) is 9.78. The van der Waals surface area contributed by atoms with E-state index < -0.39 is 0 Å². The van der Waals surface area contributed by atoms with E-state index in [1.165, 1.54) is 25.7 Å². The fourth-order valence-electron chi connectivity index (χ4n) is 2.02. The summed E-state index contributed by atoms with van der Waals surface area (Å²) in [6.45, 7) is 3.26. The van der Waals surface area contributed by atoms with Gasteiger partial charge in [-0.05, 0) is 25.7 Å². The highest BCUT2D eigenvalue weighted by Crippen LogP contribution is 2.27. The predicted molar refractivity (Wildman–Crippen MR) is 59.3 cm³/mol. The van der Waals surface area contributed by atoms with Crippen LogP contribution in [0.2, 0.25) is 0 Å². The van der Waals surface area contributed by atoms with E-state index in [-0.39, 0.29) is 0 Å². The minimum atomic E-state index is 0.624. The van der Waals surface area contributed by atoms with E-state index in [2.05, 4.69) is 18.3 Å². The van der Waals surface area contributed by atoms with Gasteiger partial charge in [0.1, 0.15) is 0 Å². The molecule has 1 nitrogen and oxygen atoms in total. The van der Waals surface area contributed by atoms with Crippen molar-refractivity contribution in [3.63, 3.8) is 0 Å². The average molecular weight is 202 g/mol. The van der Waals surface area contributed by atoms with E-state index in [0.29, 0.717) is 11.9 Å². The zero-order valence-electron chi connectivity index (χ0n) is 8.43. The summed E-state index contributed by atoms with van der Waals surface area (Å²) in [6, 6.07) is 0.669. The molecule has 0 heterocycles. The van der Waals surface area contributed by atoms with Gasteiger partial charge in [0, 0.05) is 18.5 Å². The summed E-state index contributed by atoms with van der Waals surface area (Å²) in [5.74, 6) is 1.53. The van der Waals surface area contributed by atoms with Crippen LogP contribution < -0.4 is 5.32 Å². The summed E-state index contributed by atoms with van der Waals surface area (Å²) in [5.41, 5.74) is 0. The molecule has 0 saturated heterocycles. The van der Waals surface area contributed by atoms with Crippen molar-refractivity contribution in [2.24, 2.45) is 5.92 Å². The predicted octanol–water partition coefficient (Wildman–Crippen LogP) is 2.95. The number of allylic oxidation sites excluding steroid dienone is 1. The number of halogens is 1. The normalized spacial score (nSPS) is 21.4. The minimum absolute atomic E-state index is 0.624. The third-order valence-corrected chi connectivity index (χ3v) is 3.10. The Bertz CT molecular complexity index is 150. The zero-order chi connectivity index (χ0) is 9.52. The van der Waals surface area contributed by atoms with Gasteiger partial charge in [-0.3, -0.25) is 0 Å². The van der Waals surface area contributed by atoms with Gasteiger partial charge in [-0.2, -0.15) is 0 Å². The third kappa shape index (κ3) is 4.15. The Morgan fingerprint density at radius 3 is 2.69 bits per heavy atom. The quantitative estimate of drug-likeness (QED) is 0.533. The lowest BCUT2D eigenvalue weighted by atomic mass is 10.00. The van der Waals surface area contributed by atoms with Crippen LogP contribution in [-0.2, 0) is 0 Å². The first-order valence-electron chi connectivity index (χ1n) is 5.29. The molecule has 1 rings (SSSR count). The Kier molecular flexibility index (Phi) is 5.49. The van der Waals surface area contributed by atoms with Crippen molar-refractivity contribution in [2.75, 3.05) is 12.4 Å². The van der Waals surface area contributed by atoms with Crippen LogP contribution >= 0.6 is 11.6 Å². The van der Waals surface area contributed by atoms with E-state index in [1.54, 1.807) is 0 Å². The van der Waals surface area contributed by atoms with Gasteiger partial charge in [0.05, 0.1) is 0 Å².